The summed E-state index contributed by atoms with van der Waals surface area (Å²) >= 11 is 0. The summed E-state index contributed by atoms with van der Waals surface area (Å²) in [7, 11) is -0.865. The van der Waals surface area contributed by atoms with Gasteiger partial charge in [0.25, 0.3) is 11.7 Å². The van der Waals surface area contributed by atoms with Crippen molar-refractivity contribution >= 4 is 55.8 Å². The summed E-state index contributed by atoms with van der Waals surface area (Å²) in [5, 5.41) is 15.0. The Morgan fingerprint density at radius 2 is 1.87 bits per heavy atom. The Bertz CT molecular complexity index is 1400. The van der Waals surface area contributed by atoms with E-state index in [2.05, 4.69) is 15.6 Å². The number of nitrogens with zero attached hydrogens (tertiary/aromatic N) is 2. The smallest absolute Gasteiger partial charge is 0.335 e. The summed E-state index contributed by atoms with van der Waals surface area (Å²) in [5.41, 5.74) is 0.732. The number of benzene rings is 2. The second-order valence-corrected chi connectivity index (χ2v) is 9.12. The Kier molecular flexibility index (Phi) is 4.71. The van der Waals surface area contributed by atoms with Crippen molar-refractivity contribution in [1.82, 2.24) is 9.29 Å². The van der Waals surface area contributed by atoms with E-state index in [1.165, 1.54) is 50.5 Å². The molecule has 0 radical (unpaired) electrons. The molecule has 1 aliphatic rings. The number of amides is 1. The lowest BCUT2D eigenvalue weighted by Crippen LogP contribution is -2.22. The van der Waals surface area contributed by atoms with Crippen molar-refractivity contribution in [3.63, 3.8) is 0 Å². The molecule has 3 aromatic rings. The fourth-order valence-corrected chi connectivity index (χ4v) is 4.16. The Hall–Kier alpha value is -3.83. The number of hydrogen-bond donors (Lipinski definition) is 3. The fraction of sp³-hybridized carbons (Fsp3) is 0.100. The normalized spacial score (nSPS) is 13.4. The van der Waals surface area contributed by atoms with Crippen molar-refractivity contribution in [3.8, 4) is 0 Å². The molecule has 31 heavy (non-hydrogen) atoms. The molecule has 0 aliphatic carbocycles. The van der Waals surface area contributed by atoms with Crippen molar-refractivity contribution in [2.45, 2.75) is 4.90 Å². The third kappa shape index (κ3) is 3.39. The summed E-state index contributed by atoms with van der Waals surface area (Å²) < 4.78 is 25.9. The first-order valence-electron chi connectivity index (χ1n) is 8.96. The quantitative estimate of drug-likeness (QED) is 0.511. The molecule has 1 aliphatic heterocycles. The molecule has 3 N–H and O–H groups in total. The van der Waals surface area contributed by atoms with Crippen LogP contribution in [0.5, 0.6) is 0 Å². The van der Waals surface area contributed by atoms with Gasteiger partial charge in [0, 0.05) is 25.2 Å². The number of carbonyl (C=O) groups is 3. The molecule has 0 unspecified atom stereocenters. The largest absolute Gasteiger partial charge is 0.478 e. The standard InChI is InChI=1S/C20H16N4O6S/c1-24(2)31(29,30)12-5-3-4-11(9-12)21-18-16-15(17(25)19(26)23-16)13-7-6-10(20(27)28)8-14(13)22-18/h3-9H,1-2H3,(H,21,22)(H,27,28)(H,23,25,26). The number of carboxylic acids is 1. The fourth-order valence-electron chi connectivity index (χ4n) is 3.21. The highest BCUT2D eigenvalue weighted by Gasteiger charge is 2.33. The van der Waals surface area contributed by atoms with E-state index in [1.54, 1.807) is 6.07 Å². The highest BCUT2D eigenvalue weighted by atomic mass is 32.2. The van der Waals surface area contributed by atoms with Crippen LogP contribution >= 0.6 is 0 Å². The van der Waals surface area contributed by atoms with Crippen LogP contribution in [0.3, 0.4) is 0 Å². The van der Waals surface area contributed by atoms with E-state index in [0.29, 0.717) is 11.1 Å². The second kappa shape index (κ2) is 7.15. The molecule has 1 aromatic heterocycles. The van der Waals surface area contributed by atoms with Gasteiger partial charge >= 0.3 is 5.97 Å². The number of nitrogens with one attached hydrogen (secondary N) is 2. The van der Waals surface area contributed by atoms with Crippen LogP contribution in [0.25, 0.3) is 10.9 Å². The van der Waals surface area contributed by atoms with E-state index in [0.717, 1.165) is 4.31 Å². The van der Waals surface area contributed by atoms with Gasteiger partial charge in [-0.1, -0.05) is 12.1 Å². The summed E-state index contributed by atoms with van der Waals surface area (Å²) in [6, 6.07) is 10.0. The molecular weight excluding hydrogens is 424 g/mol. The predicted molar refractivity (Wildman–Crippen MR) is 112 cm³/mol. The minimum Gasteiger partial charge on any atom is -0.478 e. The molecule has 0 saturated heterocycles. The van der Waals surface area contributed by atoms with Crippen LogP contribution in [0.2, 0.25) is 0 Å². The minimum absolute atomic E-state index is 0.0327. The van der Waals surface area contributed by atoms with Gasteiger partial charge in [-0.3, -0.25) is 9.59 Å². The van der Waals surface area contributed by atoms with E-state index in [1.807, 2.05) is 0 Å². The highest BCUT2D eigenvalue weighted by molar-refractivity contribution is 7.89. The molecule has 2 heterocycles. The molecule has 4 rings (SSSR count). The molecule has 0 fully saturated rings. The molecule has 11 heteroatoms. The van der Waals surface area contributed by atoms with Gasteiger partial charge in [0.05, 0.1) is 27.2 Å². The molecule has 0 spiro atoms. The van der Waals surface area contributed by atoms with Gasteiger partial charge in [0.2, 0.25) is 10.0 Å². The lowest BCUT2D eigenvalue weighted by atomic mass is 10.0. The molecule has 2 aromatic carbocycles. The monoisotopic (exact) mass is 440 g/mol. The lowest BCUT2D eigenvalue weighted by Gasteiger charge is -2.15. The van der Waals surface area contributed by atoms with Gasteiger partial charge < -0.3 is 15.7 Å². The maximum absolute atomic E-state index is 12.4. The number of sulfonamides is 1. The number of carboxylic acid groups (broad SMARTS) is 1. The Morgan fingerprint density at radius 1 is 1.13 bits per heavy atom. The van der Waals surface area contributed by atoms with Crippen molar-refractivity contribution in [2.75, 3.05) is 24.7 Å². The zero-order chi connectivity index (χ0) is 22.5. The van der Waals surface area contributed by atoms with Gasteiger partial charge in [-0.2, -0.15) is 0 Å². The number of hydrogen-bond acceptors (Lipinski definition) is 7. The van der Waals surface area contributed by atoms with Crippen LogP contribution in [0.15, 0.2) is 47.4 Å². The van der Waals surface area contributed by atoms with Crippen molar-refractivity contribution in [2.24, 2.45) is 0 Å². The lowest BCUT2D eigenvalue weighted by molar-refractivity contribution is -0.112. The first-order valence-corrected chi connectivity index (χ1v) is 10.4. The molecule has 158 valence electrons. The number of pyridine rings is 1. The van der Waals surface area contributed by atoms with Gasteiger partial charge in [0.15, 0.2) is 5.82 Å². The third-order valence-electron chi connectivity index (χ3n) is 4.78. The van der Waals surface area contributed by atoms with E-state index in [9.17, 15) is 27.9 Å². The number of anilines is 3. The first kappa shape index (κ1) is 20.4. The summed E-state index contributed by atoms with van der Waals surface area (Å²) in [5.74, 6) is -2.68. The number of rotatable bonds is 5. The van der Waals surface area contributed by atoms with E-state index < -0.39 is 27.7 Å². The van der Waals surface area contributed by atoms with Crippen LogP contribution in [-0.4, -0.2) is 54.6 Å². The molecule has 0 atom stereocenters. The SMILES string of the molecule is CN(C)S(=O)(=O)c1cccc(Nc2nc3cc(C(=O)O)ccc3c3c2NC(=O)C3=O)c1. The topological polar surface area (TPSA) is 146 Å². The number of aromatic nitrogens is 1. The molecule has 1 amide bonds. The van der Waals surface area contributed by atoms with Crippen LogP contribution in [0, 0.1) is 0 Å². The number of ketones is 1. The molecule has 0 bridgehead atoms. The zero-order valence-electron chi connectivity index (χ0n) is 16.3. The summed E-state index contributed by atoms with van der Waals surface area (Å²) in [6.07, 6.45) is 0. The average Bonchev–Trinajstić information content (AvgIpc) is 3.03. The molecule has 0 saturated carbocycles. The van der Waals surface area contributed by atoms with Crippen molar-refractivity contribution < 1.29 is 27.9 Å². The van der Waals surface area contributed by atoms with Crippen molar-refractivity contribution in [3.05, 3.63) is 53.6 Å². The Morgan fingerprint density at radius 3 is 2.55 bits per heavy atom. The maximum Gasteiger partial charge on any atom is 0.335 e. The number of Topliss-reactive ketones (excluding diaryl/α,β-unsaturated/α-hetero) is 1. The van der Waals surface area contributed by atoms with Crippen LogP contribution in [-0.2, 0) is 14.8 Å². The van der Waals surface area contributed by atoms with Gasteiger partial charge in [-0.05, 0) is 30.3 Å². The second-order valence-electron chi connectivity index (χ2n) is 6.97. The van der Waals surface area contributed by atoms with Crippen LogP contribution in [0.1, 0.15) is 20.7 Å². The average molecular weight is 440 g/mol. The number of fused-ring (bicyclic) bond motifs is 3. The number of aromatic carboxylic acids is 1. The van der Waals surface area contributed by atoms with Gasteiger partial charge in [0.1, 0.15) is 0 Å². The van der Waals surface area contributed by atoms with E-state index in [4.69, 9.17) is 0 Å². The third-order valence-corrected chi connectivity index (χ3v) is 6.59. The highest BCUT2D eigenvalue weighted by Crippen LogP contribution is 2.37. The first-order chi connectivity index (χ1) is 14.6. The predicted octanol–water partition coefficient (Wildman–Crippen LogP) is 2.06. The summed E-state index contributed by atoms with van der Waals surface area (Å²) in [4.78, 5) is 40.2. The molecular formula is C20H16N4O6S. The summed E-state index contributed by atoms with van der Waals surface area (Å²) in [6.45, 7) is 0. The van der Waals surface area contributed by atoms with Crippen molar-refractivity contribution in [1.29, 1.82) is 0 Å². The van der Waals surface area contributed by atoms with Gasteiger partial charge in [-0.25, -0.2) is 22.5 Å². The Labute approximate surface area is 176 Å². The number of carbonyl (C=O) groups excluding carboxylic acids is 2. The maximum atomic E-state index is 12.4. The molecule has 10 nitrogen and oxygen atoms in total. The van der Waals surface area contributed by atoms with E-state index >= 15 is 0 Å². The minimum atomic E-state index is -3.69. The van der Waals surface area contributed by atoms with Gasteiger partial charge in [-0.15, -0.1) is 0 Å². The van der Waals surface area contributed by atoms with E-state index in [-0.39, 0.29) is 33.0 Å². The van der Waals surface area contributed by atoms with Crippen LogP contribution in [0.4, 0.5) is 17.2 Å². The zero-order valence-corrected chi connectivity index (χ0v) is 17.1. The Balaban J connectivity index is 1.87. The van der Waals surface area contributed by atoms with Crippen LogP contribution < -0.4 is 10.6 Å².